The fourth-order valence-corrected chi connectivity index (χ4v) is 3.59. The first-order valence-electron chi connectivity index (χ1n) is 10.7. The summed E-state index contributed by atoms with van der Waals surface area (Å²) in [6.07, 6.45) is 3.95. The van der Waals surface area contributed by atoms with Gasteiger partial charge in [-0.2, -0.15) is 0 Å². The summed E-state index contributed by atoms with van der Waals surface area (Å²) in [5.41, 5.74) is 3.02. The Hall–Kier alpha value is -4.45. The molecule has 1 aromatic carbocycles. The number of amides is 2. The highest BCUT2D eigenvalue weighted by molar-refractivity contribution is 5.99. The maximum Gasteiger partial charge on any atom is 0.323 e. The van der Waals surface area contributed by atoms with Crippen molar-refractivity contribution in [3.05, 3.63) is 48.8 Å². The minimum Gasteiger partial charge on any atom is -0.378 e. The third-order valence-electron chi connectivity index (χ3n) is 5.24. The van der Waals surface area contributed by atoms with Crippen LogP contribution in [0.2, 0.25) is 0 Å². The quantitative estimate of drug-likeness (QED) is 0.414. The van der Waals surface area contributed by atoms with Gasteiger partial charge in [-0.25, -0.2) is 19.4 Å². The van der Waals surface area contributed by atoms with Crippen LogP contribution in [0.25, 0.3) is 22.6 Å². The number of aromatic nitrogens is 6. The maximum atomic E-state index is 12.2. The number of anilines is 3. The minimum atomic E-state index is -0.366. The number of aldehydes is 1. The zero-order chi connectivity index (χ0) is 23.3. The molecule has 0 aliphatic carbocycles. The molecule has 1 saturated heterocycles. The largest absolute Gasteiger partial charge is 0.378 e. The Morgan fingerprint density at radius 2 is 1.71 bits per heavy atom. The Morgan fingerprint density at radius 1 is 1.00 bits per heavy atom. The molecule has 1 fully saturated rings. The lowest BCUT2D eigenvalue weighted by Crippen LogP contribution is -2.37. The normalized spacial score (nSPS) is 13.6. The number of rotatable bonds is 6. The van der Waals surface area contributed by atoms with Crippen molar-refractivity contribution in [2.75, 3.05) is 41.8 Å². The predicted molar refractivity (Wildman–Crippen MR) is 125 cm³/mol. The molecule has 3 aromatic heterocycles. The predicted octanol–water partition coefficient (Wildman–Crippen LogP) is 1.96. The first-order chi connectivity index (χ1) is 16.7. The Kier molecular flexibility index (Phi) is 6.03. The number of pyridine rings is 1. The van der Waals surface area contributed by atoms with E-state index in [0.717, 1.165) is 11.8 Å². The van der Waals surface area contributed by atoms with E-state index in [-0.39, 0.29) is 12.6 Å². The van der Waals surface area contributed by atoms with Crippen LogP contribution in [0.3, 0.4) is 0 Å². The lowest BCUT2D eigenvalue weighted by molar-refractivity contribution is -0.108. The standard InChI is InChI=1S/C22H21N9O3/c32-12-9-31-21-18(28-29-31)20(30-10-13-34-14-11-30)26-19(27-21)15-1-3-16(4-2-15)24-22(33)25-17-5-7-23-8-6-17/h1-8,12H,9-11,13-14H2,(H2,23,24,25,33). The number of carbonyl (C=O) groups excluding carboxylic acids is 2. The number of fused-ring (bicyclic) bond motifs is 1. The second kappa shape index (κ2) is 9.58. The molecule has 34 heavy (non-hydrogen) atoms. The minimum absolute atomic E-state index is 0.0466. The van der Waals surface area contributed by atoms with E-state index in [1.165, 1.54) is 4.68 Å². The molecule has 12 nitrogen and oxygen atoms in total. The van der Waals surface area contributed by atoms with Crippen LogP contribution in [-0.2, 0) is 16.1 Å². The van der Waals surface area contributed by atoms with Gasteiger partial charge in [0.15, 0.2) is 22.8 Å². The number of urea groups is 1. The fraction of sp³-hybridized carbons (Fsp3) is 0.227. The van der Waals surface area contributed by atoms with Gasteiger partial charge in [0, 0.05) is 42.4 Å². The van der Waals surface area contributed by atoms with Crippen LogP contribution >= 0.6 is 0 Å². The number of morpholine rings is 1. The van der Waals surface area contributed by atoms with Gasteiger partial charge >= 0.3 is 6.03 Å². The molecule has 0 atom stereocenters. The summed E-state index contributed by atoms with van der Waals surface area (Å²) in [4.78, 5) is 38.7. The zero-order valence-electron chi connectivity index (χ0n) is 18.1. The van der Waals surface area contributed by atoms with Crippen molar-refractivity contribution < 1.29 is 14.3 Å². The van der Waals surface area contributed by atoms with Gasteiger partial charge in [-0.05, 0) is 36.4 Å². The van der Waals surface area contributed by atoms with Gasteiger partial charge in [0.1, 0.15) is 12.8 Å². The third kappa shape index (κ3) is 4.52. The maximum absolute atomic E-state index is 12.2. The summed E-state index contributed by atoms with van der Waals surface area (Å²) >= 11 is 0. The van der Waals surface area contributed by atoms with E-state index >= 15 is 0 Å². The molecule has 0 bridgehead atoms. The lowest BCUT2D eigenvalue weighted by atomic mass is 10.2. The molecule has 1 aliphatic rings. The summed E-state index contributed by atoms with van der Waals surface area (Å²) < 4.78 is 6.91. The van der Waals surface area contributed by atoms with Crippen molar-refractivity contribution in [1.29, 1.82) is 0 Å². The number of hydrogen-bond donors (Lipinski definition) is 2. The summed E-state index contributed by atoms with van der Waals surface area (Å²) in [6.45, 7) is 2.56. The molecule has 2 amide bonds. The van der Waals surface area contributed by atoms with Crippen LogP contribution in [0.1, 0.15) is 0 Å². The Morgan fingerprint density at radius 3 is 2.41 bits per heavy atom. The van der Waals surface area contributed by atoms with Crippen molar-refractivity contribution in [1.82, 2.24) is 29.9 Å². The molecule has 4 heterocycles. The van der Waals surface area contributed by atoms with Crippen LogP contribution in [0, 0.1) is 0 Å². The van der Waals surface area contributed by atoms with Gasteiger partial charge in [-0.3, -0.25) is 4.98 Å². The van der Waals surface area contributed by atoms with Crippen LogP contribution in [0.5, 0.6) is 0 Å². The second-order valence-electron chi connectivity index (χ2n) is 7.47. The Balaban J connectivity index is 1.42. The molecule has 4 aromatic rings. The molecular weight excluding hydrogens is 438 g/mol. The number of benzene rings is 1. The van der Waals surface area contributed by atoms with Gasteiger partial charge in [0.2, 0.25) is 0 Å². The molecule has 0 unspecified atom stereocenters. The molecule has 0 saturated carbocycles. The van der Waals surface area contributed by atoms with Gasteiger partial charge in [-0.1, -0.05) is 5.21 Å². The highest BCUT2D eigenvalue weighted by atomic mass is 16.5. The van der Waals surface area contributed by atoms with Crippen LogP contribution in [-0.4, -0.2) is 68.6 Å². The fourth-order valence-electron chi connectivity index (χ4n) is 3.59. The van der Waals surface area contributed by atoms with E-state index in [1.807, 2.05) is 12.1 Å². The Bertz CT molecular complexity index is 1300. The number of ether oxygens (including phenoxy) is 1. The van der Waals surface area contributed by atoms with E-state index in [0.29, 0.717) is 60.5 Å². The highest BCUT2D eigenvalue weighted by Gasteiger charge is 2.22. The van der Waals surface area contributed by atoms with Crippen LogP contribution < -0.4 is 15.5 Å². The molecule has 12 heteroatoms. The molecular formula is C22H21N9O3. The molecule has 0 radical (unpaired) electrons. The summed E-state index contributed by atoms with van der Waals surface area (Å²) in [7, 11) is 0. The average molecular weight is 459 g/mol. The van der Waals surface area contributed by atoms with Crippen LogP contribution in [0.4, 0.5) is 22.0 Å². The number of nitrogens with one attached hydrogen (secondary N) is 2. The van der Waals surface area contributed by atoms with E-state index in [9.17, 15) is 9.59 Å². The molecule has 172 valence electrons. The SMILES string of the molecule is O=CCn1nnc2c(N3CCOCC3)nc(-c3ccc(NC(=O)Nc4ccncc4)cc3)nc21. The smallest absolute Gasteiger partial charge is 0.323 e. The van der Waals surface area contributed by atoms with Crippen molar-refractivity contribution >= 4 is 40.7 Å². The molecule has 5 rings (SSSR count). The highest BCUT2D eigenvalue weighted by Crippen LogP contribution is 2.27. The summed E-state index contributed by atoms with van der Waals surface area (Å²) in [5, 5.41) is 13.8. The Labute approximate surface area is 194 Å². The molecule has 0 spiro atoms. The number of carbonyl (C=O) groups is 2. The second-order valence-corrected chi connectivity index (χ2v) is 7.47. The van der Waals surface area contributed by atoms with Crippen molar-refractivity contribution in [2.24, 2.45) is 0 Å². The molecule has 1 aliphatic heterocycles. The van der Waals surface area contributed by atoms with Crippen molar-refractivity contribution in [2.45, 2.75) is 6.54 Å². The number of nitrogens with zero attached hydrogens (tertiary/aromatic N) is 7. The third-order valence-corrected chi connectivity index (χ3v) is 5.24. The van der Waals surface area contributed by atoms with E-state index in [2.05, 4.69) is 35.8 Å². The first kappa shape index (κ1) is 21.4. The van der Waals surface area contributed by atoms with E-state index < -0.39 is 0 Å². The zero-order valence-corrected chi connectivity index (χ0v) is 18.1. The number of hydrogen-bond acceptors (Lipinski definition) is 9. The van der Waals surface area contributed by atoms with Crippen molar-refractivity contribution in [3.63, 3.8) is 0 Å². The van der Waals surface area contributed by atoms with Gasteiger partial charge in [0.05, 0.1) is 13.2 Å². The van der Waals surface area contributed by atoms with E-state index in [4.69, 9.17) is 9.72 Å². The summed E-state index contributed by atoms with van der Waals surface area (Å²) in [6, 6.07) is 10.2. The first-order valence-corrected chi connectivity index (χ1v) is 10.7. The average Bonchev–Trinajstić information content (AvgIpc) is 3.28. The lowest BCUT2D eigenvalue weighted by Gasteiger charge is -2.27. The monoisotopic (exact) mass is 459 g/mol. The van der Waals surface area contributed by atoms with Crippen molar-refractivity contribution in [3.8, 4) is 11.4 Å². The topological polar surface area (TPSA) is 140 Å². The van der Waals surface area contributed by atoms with Crippen LogP contribution in [0.15, 0.2) is 48.8 Å². The van der Waals surface area contributed by atoms with Gasteiger partial charge in [0.25, 0.3) is 0 Å². The van der Waals surface area contributed by atoms with E-state index in [1.54, 1.807) is 36.7 Å². The summed E-state index contributed by atoms with van der Waals surface area (Å²) in [5.74, 6) is 1.12. The molecule has 2 N–H and O–H groups in total. The van der Waals surface area contributed by atoms with Gasteiger partial charge < -0.3 is 25.1 Å². The van der Waals surface area contributed by atoms with Gasteiger partial charge in [-0.15, -0.1) is 5.10 Å².